The number of aryl methyl sites for hydroxylation is 3. The molecule has 0 saturated heterocycles. The molecule has 4 nitrogen and oxygen atoms in total. The van der Waals surface area contributed by atoms with Crippen LogP contribution in [0.4, 0.5) is 5.82 Å². The van der Waals surface area contributed by atoms with Crippen LogP contribution < -0.4 is 10.1 Å². The summed E-state index contributed by atoms with van der Waals surface area (Å²) in [5.74, 6) is 2.86. The molecule has 0 aliphatic heterocycles. The second-order valence-electron chi connectivity index (χ2n) is 5.05. The first-order chi connectivity index (χ1) is 9.92. The number of hydrogen-bond donors (Lipinski definition) is 1. The highest BCUT2D eigenvalue weighted by Gasteiger charge is 2.14. The maximum Gasteiger partial charge on any atom is 0.227 e. The van der Waals surface area contributed by atoms with Gasteiger partial charge in [0.15, 0.2) is 0 Å². The van der Waals surface area contributed by atoms with Gasteiger partial charge in [-0.3, -0.25) is 0 Å². The van der Waals surface area contributed by atoms with Crippen LogP contribution in [0.15, 0.2) is 12.1 Å². The molecule has 1 aromatic heterocycles. The molecule has 21 heavy (non-hydrogen) atoms. The molecule has 1 aromatic carbocycles. The van der Waals surface area contributed by atoms with Crippen molar-refractivity contribution in [2.75, 3.05) is 11.9 Å². The molecule has 112 valence electrons. The summed E-state index contributed by atoms with van der Waals surface area (Å²) in [6.07, 6.45) is 0. The van der Waals surface area contributed by atoms with Crippen molar-refractivity contribution in [3.05, 3.63) is 39.7 Å². The van der Waals surface area contributed by atoms with Gasteiger partial charge in [0, 0.05) is 11.6 Å². The topological polar surface area (TPSA) is 47.0 Å². The van der Waals surface area contributed by atoms with Gasteiger partial charge in [0.05, 0.1) is 5.56 Å². The molecule has 0 atom stereocenters. The van der Waals surface area contributed by atoms with Gasteiger partial charge in [-0.05, 0) is 57.9 Å². The molecule has 0 bridgehead atoms. The van der Waals surface area contributed by atoms with Gasteiger partial charge < -0.3 is 10.1 Å². The van der Waals surface area contributed by atoms with E-state index in [1.54, 1.807) is 0 Å². The molecule has 2 aromatic rings. The summed E-state index contributed by atoms with van der Waals surface area (Å²) in [4.78, 5) is 8.81. The first kappa shape index (κ1) is 15.6. The summed E-state index contributed by atoms with van der Waals surface area (Å²) in [5.41, 5.74) is 2.87. The van der Waals surface area contributed by atoms with Gasteiger partial charge >= 0.3 is 0 Å². The number of benzene rings is 1. The third-order valence-electron chi connectivity index (χ3n) is 3.18. The van der Waals surface area contributed by atoms with E-state index in [4.69, 9.17) is 16.3 Å². The van der Waals surface area contributed by atoms with Crippen LogP contribution in [0.25, 0.3) is 0 Å². The van der Waals surface area contributed by atoms with Crippen molar-refractivity contribution in [2.45, 2.75) is 34.6 Å². The van der Waals surface area contributed by atoms with Gasteiger partial charge in [-0.1, -0.05) is 11.6 Å². The standard InChI is InChI=1S/C16H20ClN3O/c1-6-18-15-11(4)16(20-12(5)19-15)21-14-9(2)7-13(17)8-10(14)3/h7-8H,6H2,1-5H3,(H,18,19,20). The zero-order chi connectivity index (χ0) is 15.6. The Balaban J connectivity index is 2.45. The maximum atomic E-state index is 6.06. The van der Waals surface area contributed by atoms with E-state index in [0.717, 1.165) is 34.8 Å². The van der Waals surface area contributed by atoms with E-state index >= 15 is 0 Å². The van der Waals surface area contributed by atoms with E-state index in [1.807, 2.05) is 46.8 Å². The fourth-order valence-corrected chi connectivity index (χ4v) is 2.52. The summed E-state index contributed by atoms with van der Waals surface area (Å²) < 4.78 is 6.04. The third-order valence-corrected chi connectivity index (χ3v) is 3.40. The summed E-state index contributed by atoms with van der Waals surface area (Å²) in [6.45, 7) is 10.6. The largest absolute Gasteiger partial charge is 0.438 e. The van der Waals surface area contributed by atoms with E-state index in [9.17, 15) is 0 Å². The molecule has 0 aliphatic carbocycles. The van der Waals surface area contributed by atoms with Gasteiger partial charge in [0.2, 0.25) is 5.88 Å². The molecule has 0 amide bonds. The van der Waals surface area contributed by atoms with Gasteiger partial charge in [0.25, 0.3) is 0 Å². The van der Waals surface area contributed by atoms with E-state index < -0.39 is 0 Å². The number of rotatable bonds is 4. The molecule has 5 heteroatoms. The lowest BCUT2D eigenvalue weighted by molar-refractivity contribution is 0.449. The Kier molecular flexibility index (Phi) is 4.68. The number of hydrogen-bond acceptors (Lipinski definition) is 4. The van der Waals surface area contributed by atoms with E-state index in [2.05, 4.69) is 15.3 Å². The molecule has 1 heterocycles. The Morgan fingerprint density at radius 2 is 1.71 bits per heavy atom. The minimum absolute atomic E-state index is 0.576. The predicted octanol–water partition coefficient (Wildman–Crippen LogP) is 4.59. The highest BCUT2D eigenvalue weighted by Crippen LogP contribution is 2.33. The lowest BCUT2D eigenvalue weighted by atomic mass is 10.1. The fourth-order valence-electron chi connectivity index (χ4n) is 2.20. The van der Waals surface area contributed by atoms with Crippen LogP contribution in [0.2, 0.25) is 5.02 Å². The van der Waals surface area contributed by atoms with Crippen molar-refractivity contribution in [1.82, 2.24) is 9.97 Å². The zero-order valence-electron chi connectivity index (χ0n) is 13.0. The minimum Gasteiger partial charge on any atom is -0.438 e. The van der Waals surface area contributed by atoms with E-state index in [-0.39, 0.29) is 0 Å². The normalized spacial score (nSPS) is 10.6. The predicted molar refractivity (Wildman–Crippen MR) is 86.7 cm³/mol. The van der Waals surface area contributed by atoms with Crippen molar-refractivity contribution < 1.29 is 4.74 Å². The fraction of sp³-hybridized carbons (Fsp3) is 0.375. The van der Waals surface area contributed by atoms with Crippen molar-refractivity contribution in [1.29, 1.82) is 0 Å². The molecule has 0 saturated carbocycles. The average molecular weight is 306 g/mol. The Bertz CT molecular complexity index is 648. The molecule has 0 aliphatic rings. The zero-order valence-corrected chi connectivity index (χ0v) is 13.8. The maximum absolute atomic E-state index is 6.06. The first-order valence-electron chi connectivity index (χ1n) is 6.96. The van der Waals surface area contributed by atoms with E-state index in [1.165, 1.54) is 0 Å². The van der Waals surface area contributed by atoms with Crippen LogP contribution in [0.5, 0.6) is 11.6 Å². The Morgan fingerprint density at radius 1 is 1.10 bits per heavy atom. The molecule has 0 unspecified atom stereocenters. The number of nitrogens with one attached hydrogen (secondary N) is 1. The molecule has 0 spiro atoms. The number of ether oxygens (including phenoxy) is 1. The van der Waals surface area contributed by atoms with Gasteiger partial charge in [-0.2, -0.15) is 4.98 Å². The molecule has 2 rings (SSSR count). The van der Waals surface area contributed by atoms with E-state index in [0.29, 0.717) is 16.7 Å². The minimum atomic E-state index is 0.576. The van der Waals surface area contributed by atoms with Crippen LogP contribution >= 0.6 is 11.6 Å². The molecule has 1 N–H and O–H groups in total. The molecule has 0 radical (unpaired) electrons. The Hall–Kier alpha value is -1.81. The number of aromatic nitrogens is 2. The third kappa shape index (κ3) is 3.45. The van der Waals surface area contributed by atoms with Gasteiger partial charge in [-0.15, -0.1) is 0 Å². The average Bonchev–Trinajstić information content (AvgIpc) is 2.39. The second-order valence-corrected chi connectivity index (χ2v) is 5.49. The lowest BCUT2D eigenvalue weighted by Crippen LogP contribution is -2.06. The molecule has 0 fully saturated rings. The Morgan fingerprint density at radius 3 is 2.29 bits per heavy atom. The summed E-state index contributed by atoms with van der Waals surface area (Å²) >= 11 is 6.06. The van der Waals surface area contributed by atoms with Crippen LogP contribution in [-0.4, -0.2) is 16.5 Å². The van der Waals surface area contributed by atoms with Crippen molar-refractivity contribution in [3.8, 4) is 11.6 Å². The van der Waals surface area contributed by atoms with Crippen LogP contribution in [0.3, 0.4) is 0 Å². The summed E-state index contributed by atoms with van der Waals surface area (Å²) in [6, 6.07) is 3.77. The number of nitrogens with zero attached hydrogens (tertiary/aromatic N) is 2. The van der Waals surface area contributed by atoms with Crippen LogP contribution in [0, 0.1) is 27.7 Å². The van der Waals surface area contributed by atoms with Crippen LogP contribution in [0.1, 0.15) is 29.4 Å². The van der Waals surface area contributed by atoms with Crippen molar-refractivity contribution in [3.63, 3.8) is 0 Å². The van der Waals surface area contributed by atoms with Gasteiger partial charge in [-0.25, -0.2) is 4.98 Å². The second kappa shape index (κ2) is 6.31. The SMILES string of the molecule is CCNc1nc(C)nc(Oc2c(C)cc(Cl)cc2C)c1C. The molecular weight excluding hydrogens is 286 g/mol. The smallest absolute Gasteiger partial charge is 0.227 e. The van der Waals surface area contributed by atoms with Crippen LogP contribution in [-0.2, 0) is 0 Å². The molecular formula is C16H20ClN3O. The lowest BCUT2D eigenvalue weighted by Gasteiger charge is -2.15. The monoisotopic (exact) mass is 305 g/mol. The number of halogens is 1. The Labute approximate surface area is 130 Å². The highest BCUT2D eigenvalue weighted by atomic mass is 35.5. The summed E-state index contributed by atoms with van der Waals surface area (Å²) in [5, 5.41) is 3.94. The van der Waals surface area contributed by atoms with Crippen molar-refractivity contribution in [2.24, 2.45) is 0 Å². The first-order valence-corrected chi connectivity index (χ1v) is 7.33. The summed E-state index contributed by atoms with van der Waals surface area (Å²) in [7, 11) is 0. The number of anilines is 1. The van der Waals surface area contributed by atoms with Gasteiger partial charge in [0.1, 0.15) is 17.4 Å². The van der Waals surface area contributed by atoms with Crippen molar-refractivity contribution >= 4 is 17.4 Å². The quantitative estimate of drug-likeness (QED) is 0.897. The highest BCUT2D eigenvalue weighted by molar-refractivity contribution is 6.30.